The molecule has 4 rings (SSSR count). The van der Waals surface area contributed by atoms with Gasteiger partial charge in [0, 0.05) is 30.8 Å². The number of thiophene rings is 1. The Morgan fingerprint density at radius 2 is 1.88 bits per heavy atom. The van der Waals surface area contributed by atoms with Gasteiger partial charge in [0.2, 0.25) is 15.9 Å². The number of sulfonamides is 2. The van der Waals surface area contributed by atoms with E-state index in [0.29, 0.717) is 11.3 Å². The second-order valence-corrected chi connectivity index (χ2v) is 14.9. The molecule has 1 amide bonds. The van der Waals surface area contributed by atoms with Gasteiger partial charge in [-0.1, -0.05) is 13.0 Å². The summed E-state index contributed by atoms with van der Waals surface area (Å²) in [5.74, 6) is -0.923. The molecule has 2 N–H and O–H groups in total. The molecule has 41 heavy (non-hydrogen) atoms. The van der Waals surface area contributed by atoms with Crippen LogP contribution < -0.4 is 9.46 Å². The lowest BCUT2D eigenvalue weighted by atomic mass is 10.0. The molecule has 2 heterocycles. The van der Waals surface area contributed by atoms with Crippen molar-refractivity contribution >= 4 is 43.0 Å². The summed E-state index contributed by atoms with van der Waals surface area (Å²) in [6.07, 6.45) is -0.862. The number of ether oxygens (including phenoxy) is 1. The first kappa shape index (κ1) is 30.9. The monoisotopic (exact) mass is 625 g/mol. The van der Waals surface area contributed by atoms with Crippen LogP contribution in [0.15, 0.2) is 69.1 Å². The number of benzene rings is 2. The maximum Gasteiger partial charge on any atom is 0.271 e. The van der Waals surface area contributed by atoms with Crippen molar-refractivity contribution in [2.45, 2.75) is 41.5 Å². The molecule has 0 fully saturated rings. The molecule has 0 radical (unpaired) electrons. The van der Waals surface area contributed by atoms with Gasteiger partial charge in [0.1, 0.15) is 21.9 Å². The van der Waals surface area contributed by atoms with Gasteiger partial charge in [-0.15, -0.1) is 11.3 Å². The number of nitrogens with zero attached hydrogens (tertiary/aromatic N) is 2. The number of carbonyl (C=O) groups excluding carboxylic acids is 1. The van der Waals surface area contributed by atoms with Crippen molar-refractivity contribution in [2.75, 3.05) is 31.5 Å². The summed E-state index contributed by atoms with van der Waals surface area (Å²) in [4.78, 5) is 14.8. The predicted molar refractivity (Wildman–Crippen MR) is 153 cm³/mol. The summed E-state index contributed by atoms with van der Waals surface area (Å²) in [5.41, 5.74) is 0.634. The van der Waals surface area contributed by atoms with Crippen molar-refractivity contribution in [1.82, 2.24) is 9.21 Å². The molecule has 0 bridgehead atoms. The second kappa shape index (κ2) is 12.4. The first-order valence-electron chi connectivity index (χ1n) is 12.8. The highest BCUT2D eigenvalue weighted by Crippen LogP contribution is 2.31. The summed E-state index contributed by atoms with van der Waals surface area (Å²) in [6.45, 7) is 3.33. The standard InChI is InChI=1S/C27H32FN3O7S3/c1-18-15-31(19(2)17-32)26(33)14-20-13-22(29-40(34,35)27-5-4-12-39-27)8-11-24(20)38-25(18)16-30(3)41(36,37)23-9-6-21(28)7-10-23/h4-13,18-19,25,29,32H,14-17H2,1-3H3/t18-,19-,25-/m1/s1. The van der Waals surface area contributed by atoms with Crippen LogP contribution in [0.5, 0.6) is 5.75 Å². The number of rotatable bonds is 9. The maximum atomic E-state index is 13.4. The van der Waals surface area contributed by atoms with Crippen molar-refractivity contribution in [3.8, 4) is 5.75 Å². The molecule has 2 aromatic carbocycles. The van der Waals surface area contributed by atoms with E-state index < -0.39 is 38.0 Å². The van der Waals surface area contributed by atoms with Crippen LogP contribution in [-0.4, -0.2) is 75.9 Å². The summed E-state index contributed by atoms with van der Waals surface area (Å²) < 4.78 is 75.5. The van der Waals surface area contributed by atoms with Gasteiger partial charge in [-0.05, 0) is 60.8 Å². The SMILES string of the molecule is C[C@@H]1CN([C@H](C)CO)C(=O)Cc2cc(NS(=O)(=O)c3cccs3)ccc2O[C@@H]1CN(C)S(=O)(=O)c1ccc(F)cc1. The third-order valence-corrected chi connectivity index (χ3v) is 11.5. The zero-order valence-electron chi connectivity index (χ0n) is 22.7. The lowest BCUT2D eigenvalue weighted by Gasteiger charge is -2.33. The number of aliphatic hydroxyl groups excluding tert-OH is 1. The Balaban J connectivity index is 1.68. The van der Waals surface area contributed by atoms with Gasteiger partial charge in [0.25, 0.3) is 10.0 Å². The number of aliphatic hydroxyl groups is 1. The average Bonchev–Trinajstić information content (AvgIpc) is 3.49. The molecule has 1 aliphatic heterocycles. The number of fused-ring (bicyclic) bond motifs is 1. The number of hydrogen-bond donors (Lipinski definition) is 2. The zero-order chi connectivity index (χ0) is 29.9. The Labute approximate surface area is 243 Å². The molecule has 0 unspecified atom stereocenters. The minimum absolute atomic E-state index is 0.0779. The Bertz CT molecular complexity index is 1580. The summed E-state index contributed by atoms with van der Waals surface area (Å²) in [6, 6.07) is 11.7. The lowest BCUT2D eigenvalue weighted by Crippen LogP contribution is -2.48. The Morgan fingerprint density at radius 3 is 2.51 bits per heavy atom. The third-order valence-electron chi connectivity index (χ3n) is 6.89. The van der Waals surface area contributed by atoms with E-state index in [1.165, 1.54) is 42.3 Å². The van der Waals surface area contributed by atoms with Gasteiger partial charge in [0.05, 0.1) is 30.5 Å². The van der Waals surface area contributed by atoms with Gasteiger partial charge < -0.3 is 14.7 Å². The molecule has 3 aromatic rings. The van der Waals surface area contributed by atoms with Crippen LogP contribution in [0.25, 0.3) is 0 Å². The molecular weight excluding hydrogens is 594 g/mol. The summed E-state index contributed by atoms with van der Waals surface area (Å²) in [5, 5.41) is 11.5. The minimum Gasteiger partial charge on any atom is -0.488 e. The second-order valence-electron chi connectivity index (χ2n) is 9.99. The van der Waals surface area contributed by atoms with Crippen molar-refractivity contribution in [3.05, 3.63) is 71.4 Å². The fraction of sp³-hybridized carbons (Fsp3) is 0.370. The fourth-order valence-corrected chi connectivity index (χ4v) is 7.70. The number of likely N-dealkylation sites (N-methyl/N-ethyl adjacent to an activating group) is 1. The topological polar surface area (TPSA) is 133 Å². The summed E-state index contributed by atoms with van der Waals surface area (Å²) in [7, 11) is -6.44. The van der Waals surface area contributed by atoms with E-state index in [4.69, 9.17) is 4.74 Å². The highest BCUT2D eigenvalue weighted by atomic mass is 32.2. The van der Waals surface area contributed by atoms with Crippen LogP contribution in [0.3, 0.4) is 0 Å². The zero-order valence-corrected chi connectivity index (χ0v) is 25.2. The molecule has 1 aliphatic rings. The molecule has 14 heteroatoms. The largest absolute Gasteiger partial charge is 0.488 e. The molecule has 0 spiro atoms. The van der Waals surface area contributed by atoms with E-state index >= 15 is 0 Å². The number of hydrogen-bond acceptors (Lipinski definition) is 8. The van der Waals surface area contributed by atoms with Gasteiger partial charge in [-0.2, -0.15) is 4.31 Å². The van der Waals surface area contributed by atoms with E-state index in [1.807, 2.05) is 6.92 Å². The normalized spacial score (nSPS) is 19.1. The van der Waals surface area contributed by atoms with Crippen LogP contribution in [-0.2, 0) is 31.3 Å². The number of nitrogens with one attached hydrogen (secondary N) is 1. The third kappa shape index (κ3) is 7.07. The molecule has 0 aliphatic carbocycles. The van der Waals surface area contributed by atoms with Crippen molar-refractivity contribution in [2.24, 2.45) is 5.92 Å². The number of halogens is 1. The van der Waals surface area contributed by atoms with Crippen LogP contribution in [0, 0.1) is 11.7 Å². The fourth-order valence-electron chi connectivity index (χ4n) is 4.47. The molecule has 1 aromatic heterocycles. The maximum absolute atomic E-state index is 13.4. The highest BCUT2D eigenvalue weighted by molar-refractivity contribution is 7.94. The van der Waals surface area contributed by atoms with E-state index in [0.717, 1.165) is 27.8 Å². The van der Waals surface area contributed by atoms with Gasteiger partial charge >= 0.3 is 0 Å². The first-order chi connectivity index (χ1) is 19.3. The van der Waals surface area contributed by atoms with Gasteiger partial charge in [-0.3, -0.25) is 9.52 Å². The molecule has 3 atom stereocenters. The number of carbonyl (C=O) groups is 1. The van der Waals surface area contributed by atoms with E-state index in [9.17, 15) is 31.1 Å². The van der Waals surface area contributed by atoms with E-state index in [2.05, 4.69) is 4.72 Å². The molecule has 222 valence electrons. The predicted octanol–water partition coefficient (Wildman–Crippen LogP) is 3.16. The Kier molecular flexibility index (Phi) is 9.39. The highest BCUT2D eigenvalue weighted by Gasteiger charge is 2.33. The molecular formula is C27H32FN3O7S3. The van der Waals surface area contributed by atoms with Crippen LogP contribution in [0.4, 0.5) is 10.1 Å². The van der Waals surface area contributed by atoms with Crippen LogP contribution in [0.2, 0.25) is 0 Å². The molecule has 10 nitrogen and oxygen atoms in total. The quantitative estimate of drug-likeness (QED) is 0.373. The number of anilines is 1. The lowest BCUT2D eigenvalue weighted by molar-refractivity contribution is -0.134. The van der Waals surface area contributed by atoms with Gasteiger partial charge in [0.15, 0.2) is 0 Å². The van der Waals surface area contributed by atoms with Crippen LogP contribution in [0.1, 0.15) is 19.4 Å². The van der Waals surface area contributed by atoms with E-state index in [-0.39, 0.29) is 52.7 Å². The van der Waals surface area contributed by atoms with Crippen molar-refractivity contribution in [1.29, 1.82) is 0 Å². The Hall–Kier alpha value is -3.04. The van der Waals surface area contributed by atoms with Crippen molar-refractivity contribution in [3.63, 3.8) is 0 Å². The Morgan fingerprint density at radius 1 is 1.17 bits per heavy atom. The smallest absolute Gasteiger partial charge is 0.271 e. The first-order valence-corrected chi connectivity index (χ1v) is 16.6. The molecule has 0 saturated carbocycles. The van der Waals surface area contributed by atoms with Crippen molar-refractivity contribution < 1.29 is 35.9 Å². The van der Waals surface area contributed by atoms with Crippen LogP contribution >= 0.6 is 11.3 Å². The minimum atomic E-state index is -3.99. The average molecular weight is 626 g/mol. The molecule has 0 saturated heterocycles. The summed E-state index contributed by atoms with van der Waals surface area (Å²) >= 11 is 1.07. The van der Waals surface area contributed by atoms with E-state index in [1.54, 1.807) is 24.4 Å². The number of amides is 1. The van der Waals surface area contributed by atoms with Gasteiger partial charge in [-0.25, -0.2) is 21.2 Å².